The average molecular weight is 976 g/mol. The molecule has 71 heavy (non-hydrogen) atoms. The van der Waals surface area contributed by atoms with Crippen LogP contribution in [0.1, 0.15) is 88.6 Å². The number of nitrogens with one attached hydrogen (secondary N) is 3. The Hall–Kier alpha value is -7.74. The second-order valence-electron chi connectivity index (χ2n) is 17.3. The van der Waals surface area contributed by atoms with Crippen LogP contribution in [0.25, 0.3) is 22.4 Å². The minimum absolute atomic E-state index is 0.00230. The van der Waals surface area contributed by atoms with E-state index < -0.39 is 78.5 Å². The Kier molecular flexibility index (Phi) is 16.7. The van der Waals surface area contributed by atoms with Crippen LogP contribution in [-0.4, -0.2) is 117 Å². The largest absolute Gasteiger partial charge is 0.490 e. The van der Waals surface area contributed by atoms with E-state index in [4.69, 9.17) is 14.2 Å². The van der Waals surface area contributed by atoms with E-state index in [-0.39, 0.29) is 87.1 Å². The lowest BCUT2D eigenvalue weighted by Crippen LogP contribution is -2.54. The molecule has 0 bridgehead atoms. The van der Waals surface area contributed by atoms with Crippen molar-refractivity contribution in [2.45, 2.75) is 76.7 Å². The van der Waals surface area contributed by atoms with Gasteiger partial charge in [-0.2, -0.15) is 0 Å². The number of carbonyl (C=O) groups is 7. The number of benzene rings is 4. The van der Waals surface area contributed by atoms with Crippen molar-refractivity contribution in [2.75, 3.05) is 38.3 Å². The molecule has 372 valence electrons. The van der Waals surface area contributed by atoms with Gasteiger partial charge in [-0.15, -0.1) is 0 Å². The van der Waals surface area contributed by atoms with Crippen LogP contribution in [0.2, 0.25) is 0 Å². The smallest absolute Gasteiger partial charge is 0.305 e. The van der Waals surface area contributed by atoms with E-state index in [2.05, 4.69) is 16.0 Å². The first-order valence-corrected chi connectivity index (χ1v) is 23.1. The summed E-state index contributed by atoms with van der Waals surface area (Å²) >= 11 is 0. The van der Waals surface area contributed by atoms with Gasteiger partial charge in [-0.05, 0) is 67.1 Å². The molecular formula is C52H54FN5O13. The fraction of sp³-hybridized carbons (Fsp3) is 0.327. The molecule has 0 spiro atoms. The summed E-state index contributed by atoms with van der Waals surface area (Å²) in [6.45, 7) is 3.42. The standard InChI is InChI=1S/C52H54FN5O13/c1-30(2)47-46(50(66)55-33-12-7-4-8-13-33)44(31-10-5-3-6-11-31)48(57(47)22-20-34(59)27-35(60)28-43(63)64)36-17-16-32(53)26-40(36)70-25-24-69-23-21-54-42(62)29-71-39-15-9-14-37-45(39)52(68)58(51(37)67)38-18-19-41(61)56-49(38)65/h3-17,26,30,34-35,38,59-60H,18-25,27-29H2,1-2H3,(H,54,62)(H,55,66)(H,63,64)(H,56,61,65)/t34-,35-,38?/m1/s1. The monoisotopic (exact) mass is 975 g/mol. The van der Waals surface area contributed by atoms with Gasteiger partial charge in [-0.1, -0.05) is 68.4 Å². The van der Waals surface area contributed by atoms with Crippen molar-refractivity contribution in [3.8, 4) is 33.9 Å². The maximum absolute atomic E-state index is 15.2. The number of carboxylic acid groups (broad SMARTS) is 1. The number of hydrogen-bond acceptors (Lipinski definition) is 12. The molecule has 0 aliphatic carbocycles. The number of carboxylic acids is 1. The highest BCUT2D eigenvalue weighted by Gasteiger charge is 2.46. The van der Waals surface area contributed by atoms with Crippen LogP contribution in [0, 0.1) is 5.82 Å². The van der Waals surface area contributed by atoms with Crippen LogP contribution < -0.4 is 25.4 Å². The van der Waals surface area contributed by atoms with E-state index in [1.54, 1.807) is 30.3 Å². The highest BCUT2D eigenvalue weighted by atomic mass is 19.1. The Morgan fingerprint density at radius 2 is 1.55 bits per heavy atom. The Morgan fingerprint density at radius 3 is 2.25 bits per heavy atom. The van der Waals surface area contributed by atoms with Crippen molar-refractivity contribution >= 4 is 47.1 Å². The molecule has 19 heteroatoms. The lowest BCUT2D eigenvalue weighted by atomic mass is 9.94. The van der Waals surface area contributed by atoms with Gasteiger partial charge >= 0.3 is 5.97 Å². The molecule has 1 aromatic heterocycles. The number of aliphatic hydroxyl groups is 2. The summed E-state index contributed by atoms with van der Waals surface area (Å²) < 4.78 is 34.7. The van der Waals surface area contributed by atoms with Crippen molar-refractivity contribution < 1.29 is 67.5 Å². The molecule has 18 nitrogen and oxygen atoms in total. The van der Waals surface area contributed by atoms with Crippen LogP contribution in [0.3, 0.4) is 0 Å². The second kappa shape index (κ2) is 23.2. The van der Waals surface area contributed by atoms with Gasteiger partial charge in [0.05, 0.1) is 54.2 Å². The number of rotatable bonds is 23. The molecule has 4 aromatic carbocycles. The average Bonchev–Trinajstić information content (AvgIpc) is 3.81. The zero-order valence-electron chi connectivity index (χ0n) is 39.0. The van der Waals surface area contributed by atoms with Crippen molar-refractivity contribution in [2.24, 2.45) is 0 Å². The first kappa shape index (κ1) is 51.1. The predicted octanol–water partition coefficient (Wildman–Crippen LogP) is 5.31. The summed E-state index contributed by atoms with van der Waals surface area (Å²) in [5, 5.41) is 38.4. The van der Waals surface area contributed by atoms with Gasteiger partial charge in [-0.3, -0.25) is 43.8 Å². The van der Waals surface area contributed by atoms with E-state index in [1.807, 2.05) is 54.8 Å². The van der Waals surface area contributed by atoms with Crippen LogP contribution >= 0.6 is 0 Å². The molecule has 3 heterocycles. The highest BCUT2D eigenvalue weighted by Crippen LogP contribution is 2.45. The third-order valence-corrected chi connectivity index (χ3v) is 11.9. The molecular weight excluding hydrogens is 922 g/mol. The third kappa shape index (κ3) is 12.2. The number of piperidine rings is 1. The summed E-state index contributed by atoms with van der Waals surface area (Å²) in [5.74, 6) is -5.73. The van der Waals surface area contributed by atoms with E-state index >= 15 is 4.39 Å². The van der Waals surface area contributed by atoms with Crippen molar-refractivity contribution in [1.82, 2.24) is 20.1 Å². The normalized spacial score (nSPS) is 15.3. The van der Waals surface area contributed by atoms with E-state index in [0.29, 0.717) is 39.3 Å². The zero-order valence-corrected chi connectivity index (χ0v) is 39.0. The molecule has 2 aliphatic rings. The SMILES string of the molecule is CC(C)c1c(C(=O)Nc2ccccc2)c(-c2ccccc2)c(-c2ccc(F)cc2OCCOCCNC(=O)COc2cccc3c2C(=O)N(C2CCC(=O)NC2=O)C3=O)n1CC[C@@H](O)C[C@@H](O)CC(=O)O. The quantitative estimate of drug-likeness (QED) is 0.0359. The van der Waals surface area contributed by atoms with Crippen molar-refractivity contribution in [3.63, 3.8) is 0 Å². The van der Waals surface area contributed by atoms with Gasteiger partial charge in [0.15, 0.2) is 6.61 Å². The molecule has 5 aromatic rings. The van der Waals surface area contributed by atoms with E-state index in [1.165, 1.54) is 30.3 Å². The number of halogens is 1. The number of imide groups is 2. The van der Waals surface area contributed by atoms with Crippen molar-refractivity contribution in [1.29, 1.82) is 0 Å². The van der Waals surface area contributed by atoms with Gasteiger partial charge < -0.3 is 44.7 Å². The van der Waals surface area contributed by atoms with Crippen molar-refractivity contribution in [3.05, 3.63) is 125 Å². The molecule has 6 N–H and O–H groups in total. The Morgan fingerprint density at radius 1 is 0.817 bits per heavy atom. The molecule has 2 aliphatic heterocycles. The molecule has 7 rings (SSSR count). The number of carbonyl (C=O) groups excluding carboxylic acids is 6. The molecule has 0 saturated carbocycles. The summed E-state index contributed by atoms with van der Waals surface area (Å²) in [6.07, 6.45) is -3.16. The molecule has 0 radical (unpaired) electrons. The number of fused-ring (bicyclic) bond motifs is 1. The van der Waals surface area contributed by atoms with Crippen LogP contribution in [-0.2, 0) is 30.5 Å². The van der Waals surface area contributed by atoms with Gasteiger partial charge in [0.2, 0.25) is 11.8 Å². The van der Waals surface area contributed by atoms with Crippen LogP contribution in [0.4, 0.5) is 10.1 Å². The number of anilines is 1. The maximum atomic E-state index is 15.2. The van der Waals surface area contributed by atoms with Crippen LogP contribution in [0.5, 0.6) is 11.5 Å². The number of hydrogen-bond donors (Lipinski definition) is 6. The molecule has 6 amide bonds. The fourth-order valence-corrected chi connectivity index (χ4v) is 8.76. The lowest BCUT2D eigenvalue weighted by molar-refractivity contribution is -0.140. The van der Waals surface area contributed by atoms with Gasteiger partial charge in [0.1, 0.15) is 30.0 Å². The molecule has 1 fully saturated rings. The number of aliphatic hydroxyl groups excluding tert-OH is 2. The first-order chi connectivity index (χ1) is 34.1. The number of amides is 6. The van der Waals surface area contributed by atoms with Gasteiger partial charge in [0, 0.05) is 48.1 Å². The zero-order chi connectivity index (χ0) is 50.8. The number of aromatic nitrogens is 1. The van der Waals surface area contributed by atoms with Gasteiger partial charge in [0.25, 0.3) is 23.6 Å². The Bertz CT molecular complexity index is 2800. The summed E-state index contributed by atoms with van der Waals surface area (Å²) in [4.78, 5) is 90.1. The number of nitrogens with zero attached hydrogens (tertiary/aromatic N) is 2. The maximum Gasteiger partial charge on any atom is 0.305 e. The lowest BCUT2D eigenvalue weighted by Gasteiger charge is -2.27. The minimum Gasteiger partial charge on any atom is -0.490 e. The van der Waals surface area contributed by atoms with Crippen LogP contribution in [0.15, 0.2) is 97.1 Å². The van der Waals surface area contributed by atoms with E-state index in [0.717, 1.165) is 4.90 Å². The number of ether oxygens (including phenoxy) is 3. The first-order valence-electron chi connectivity index (χ1n) is 23.1. The third-order valence-electron chi connectivity index (χ3n) is 11.9. The topological polar surface area (TPSA) is 252 Å². The number of aliphatic carboxylic acids is 1. The molecule has 3 atom stereocenters. The minimum atomic E-state index is -1.29. The highest BCUT2D eigenvalue weighted by molar-refractivity contribution is 6.24. The number of para-hydroxylation sites is 1. The summed E-state index contributed by atoms with van der Waals surface area (Å²) in [7, 11) is 0. The van der Waals surface area contributed by atoms with Gasteiger partial charge in [-0.25, -0.2) is 4.39 Å². The summed E-state index contributed by atoms with van der Waals surface area (Å²) in [5.41, 5.74) is 3.48. The fourth-order valence-electron chi connectivity index (χ4n) is 8.76. The Balaban J connectivity index is 1.05. The molecule has 1 unspecified atom stereocenters. The Labute approximate surface area is 407 Å². The second-order valence-corrected chi connectivity index (χ2v) is 17.3. The summed E-state index contributed by atoms with van der Waals surface area (Å²) in [6, 6.07) is 25.3. The van der Waals surface area contributed by atoms with E-state index in [9.17, 15) is 48.9 Å². The molecule has 1 saturated heterocycles. The predicted molar refractivity (Wildman–Crippen MR) is 255 cm³/mol.